The van der Waals surface area contributed by atoms with Crippen LogP contribution in [0.3, 0.4) is 0 Å². The van der Waals surface area contributed by atoms with Gasteiger partial charge >= 0.3 is 0 Å². The van der Waals surface area contributed by atoms with Crippen molar-refractivity contribution in [1.82, 2.24) is 5.32 Å². The number of fused-ring (bicyclic) bond motifs is 1. The number of ether oxygens (including phenoxy) is 2. The van der Waals surface area contributed by atoms with Crippen molar-refractivity contribution in [2.75, 3.05) is 13.7 Å². The van der Waals surface area contributed by atoms with Crippen molar-refractivity contribution in [1.29, 1.82) is 0 Å². The lowest BCUT2D eigenvalue weighted by Gasteiger charge is -2.16. The van der Waals surface area contributed by atoms with Gasteiger partial charge in [0.15, 0.2) is 0 Å². The molecule has 1 fully saturated rings. The summed E-state index contributed by atoms with van der Waals surface area (Å²) >= 11 is 0. The van der Waals surface area contributed by atoms with Crippen LogP contribution in [0.25, 0.3) is 0 Å². The molecule has 3 rings (SSSR count). The van der Waals surface area contributed by atoms with Crippen LogP contribution >= 0.6 is 0 Å². The maximum Gasteiger partial charge on any atom is 0.122 e. The van der Waals surface area contributed by atoms with Gasteiger partial charge in [0.25, 0.3) is 0 Å². The summed E-state index contributed by atoms with van der Waals surface area (Å²) in [6, 6.07) is 6.89. The lowest BCUT2D eigenvalue weighted by Crippen LogP contribution is -2.18. The normalized spacial score (nSPS) is 29.5. The molecule has 19 heavy (non-hydrogen) atoms. The van der Waals surface area contributed by atoms with Crippen LogP contribution in [0.4, 0.5) is 0 Å². The van der Waals surface area contributed by atoms with Crippen molar-refractivity contribution < 1.29 is 9.47 Å². The Labute approximate surface area is 115 Å². The van der Waals surface area contributed by atoms with E-state index in [0.29, 0.717) is 18.8 Å². The predicted octanol–water partition coefficient (Wildman–Crippen LogP) is 2.84. The molecule has 104 valence electrons. The second kappa shape index (κ2) is 5.51. The Morgan fingerprint density at radius 3 is 2.95 bits per heavy atom. The smallest absolute Gasteiger partial charge is 0.122 e. The number of hydrogen-bond acceptors (Lipinski definition) is 3. The van der Waals surface area contributed by atoms with Crippen molar-refractivity contribution >= 4 is 0 Å². The molecule has 3 atom stereocenters. The third kappa shape index (κ3) is 2.63. The average molecular weight is 261 g/mol. The van der Waals surface area contributed by atoms with Gasteiger partial charge in [-0.1, -0.05) is 12.1 Å². The van der Waals surface area contributed by atoms with Crippen LogP contribution < -0.4 is 10.1 Å². The molecule has 1 aliphatic heterocycles. The van der Waals surface area contributed by atoms with Crippen LogP contribution in [0, 0.1) is 0 Å². The molecule has 1 N–H and O–H groups in total. The van der Waals surface area contributed by atoms with Gasteiger partial charge in [0.05, 0.1) is 12.2 Å². The van der Waals surface area contributed by atoms with E-state index in [2.05, 4.69) is 30.4 Å². The average Bonchev–Trinajstić information content (AvgIpc) is 3.02. The molecule has 3 heteroatoms. The monoisotopic (exact) mass is 261 g/mol. The van der Waals surface area contributed by atoms with Gasteiger partial charge in [-0.15, -0.1) is 0 Å². The Balaban J connectivity index is 1.67. The van der Waals surface area contributed by atoms with E-state index in [4.69, 9.17) is 9.47 Å². The van der Waals surface area contributed by atoms with Crippen molar-refractivity contribution in [2.24, 2.45) is 0 Å². The third-order valence-electron chi connectivity index (χ3n) is 4.32. The van der Waals surface area contributed by atoms with Gasteiger partial charge in [0.1, 0.15) is 12.4 Å². The molecule has 2 aliphatic rings. The second-order valence-corrected chi connectivity index (χ2v) is 5.66. The summed E-state index contributed by atoms with van der Waals surface area (Å²) in [5.74, 6) is 1.05. The fourth-order valence-corrected chi connectivity index (χ4v) is 3.25. The SMILES string of the molecule is CNC1CCc2c(OCC3CCC(C)O3)cccc21. The van der Waals surface area contributed by atoms with Gasteiger partial charge in [0.2, 0.25) is 0 Å². The topological polar surface area (TPSA) is 30.5 Å². The summed E-state index contributed by atoms with van der Waals surface area (Å²) in [6.45, 7) is 2.82. The molecule has 1 aromatic rings. The molecule has 0 bridgehead atoms. The van der Waals surface area contributed by atoms with Crippen molar-refractivity contribution in [3.8, 4) is 5.75 Å². The number of nitrogens with one attached hydrogen (secondary N) is 1. The van der Waals surface area contributed by atoms with Gasteiger partial charge in [-0.3, -0.25) is 0 Å². The molecule has 0 spiro atoms. The maximum atomic E-state index is 6.02. The van der Waals surface area contributed by atoms with Gasteiger partial charge in [-0.2, -0.15) is 0 Å². The van der Waals surface area contributed by atoms with E-state index in [-0.39, 0.29) is 6.10 Å². The van der Waals surface area contributed by atoms with E-state index in [9.17, 15) is 0 Å². The van der Waals surface area contributed by atoms with Crippen molar-refractivity contribution in [3.05, 3.63) is 29.3 Å². The molecule has 1 aliphatic carbocycles. The summed E-state index contributed by atoms with van der Waals surface area (Å²) in [4.78, 5) is 0. The fraction of sp³-hybridized carbons (Fsp3) is 0.625. The number of rotatable bonds is 4. The molecule has 0 amide bonds. The van der Waals surface area contributed by atoms with Gasteiger partial charge in [-0.25, -0.2) is 0 Å². The van der Waals surface area contributed by atoms with Gasteiger partial charge in [-0.05, 0) is 56.8 Å². The first-order valence-electron chi connectivity index (χ1n) is 7.35. The second-order valence-electron chi connectivity index (χ2n) is 5.66. The zero-order valence-electron chi connectivity index (χ0n) is 11.8. The Morgan fingerprint density at radius 1 is 1.32 bits per heavy atom. The van der Waals surface area contributed by atoms with Crippen LogP contribution in [0.1, 0.15) is 43.4 Å². The lowest BCUT2D eigenvalue weighted by atomic mass is 10.1. The highest BCUT2D eigenvalue weighted by molar-refractivity contribution is 5.45. The molecule has 1 saturated heterocycles. The summed E-state index contributed by atoms with van der Waals surface area (Å²) in [6.07, 6.45) is 5.22. The van der Waals surface area contributed by atoms with E-state index in [1.54, 1.807) is 0 Å². The number of benzene rings is 1. The minimum absolute atomic E-state index is 0.271. The van der Waals surface area contributed by atoms with Crippen LogP contribution in [0.2, 0.25) is 0 Å². The summed E-state index contributed by atoms with van der Waals surface area (Å²) < 4.78 is 11.8. The van der Waals surface area contributed by atoms with Gasteiger partial charge in [0, 0.05) is 6.04 Å². The minimum atomic E-state index is 0.271. The van der Waals surface area contributed by atoms with E-state index in [1.807, 2.05) is 7.05 Å². The van der Waals surface area contributed by atoms with E-state index in [0.717, 1.165) is 25.0 Å². The molecule has 0 aromatic heterocycles. The molecule has 3 unspecified atom stereocenters. The molecule has 1 heterocycles. The van der Waals surface area contributed by atoms with Crippen LogP contribution in [-0.2, 0) is 11.2 Å². The van der Waals surface area contributed by atoms with Crippen LogP contribution in [0.15, 0.2) is 18.2 Å². The van der Waals surface area contributed by atoms with Crippen LogP contribution in [-0.4, -0.2) is 25.9 Å². The largest absolute Gasteiger partial charge is 0.491 e. The quantitative estimate of drug-likeness (QED) is 0.904. The Hall–Kier alpha value is -1.06. The Morgan fingerprint density at radius 2 is 2.21 bits per heavy atom. The molecule has 0 saturated carbocycles. The molecule has 0 radical (unpaired) electrons. The standard InChI is InChI=1S/C16H23NO2/c1-11-6-7-12(19-11)10-18-16-5-3-4-13-14(16)8-9-15(13)17-2/h3-5,11-12,15,17H,6-10H2,1-2H3. The predicted molar refractivity (Wildman–Crippen MR) is 75.6 cm³/mol. The Bertz CT molecular complexity index is 446. The van der Waals surface area contributed by atoms with E-state index >= 15 is 0 Å². The lowest BCUT2D eigenvalue weighted by molar-refractivity contribution is 0.0263. The minimum Gasteiger partial charge on any atom is -0.491 e. The van der Waals surface area contributed by atoms with Crippen molar-refractivity contribution in [2.45, 2.75) is 50.9 Å². The van der Waals surface area contributed by atoms with Crippen molar-refractivity contribution in [3.63, 3.8) is 0 Å². The van der Waals surface area contributed by atoms with Crippen LogP contribution in [0.5, 0.6) is 5.75 Å². The van der Waals surface area contributed by atoms with Gasteiger partial charge < -0.3 is 14.8 Å². The Kier molecular flexibility index (Phi) is 3.76. The maximum absolute atomic E-state index is 6.02. The first kappa shape index (κ1) is 12.9. The highest BCUT2D eigenvalue weighted by Crippen LogP contribution is 2.36. The fourth-order valence-electron chi connectivity index (χ4n) is 3.25. The molecular formula is C16H23NO2. The first-order valence-corrected chi connectivity index (χ1v) is 7.35. The first-order chi connectivity index (χ1) is 9.28. The molecule has 3 nitrogen and oxygen atoms in total. The highest BCUT2D eigenvalue weighted by Gasteiger charge is 2.26. The molecular weight excluding hydrogens is 238 g/mol. The zero-order valence-corrected chi connectivity index (χ0v) is 11.8. The van der Waals surface area contributed by atoms with E-state index in [1.165, 1.54) is 17.5 Å². The van der Waals surface area contributed by atoms with E-state index < -0.39 is 0 Å². The zero-order chi connectivity index (χ0) is 13.2. The summed E-state index contributed by atoms with van der Waals surface area (Å²) in [5.41, 5.74) is 2.79. The third-order valence-corrected chi connectivity index (χ3v) is 4.32. The highest BCUT2D eigenvalue weighted by atomic mass is 16.5. The summed E-state index contributed by atoms with van der Waals surface area (Å²) in [7, 11) is 2.03. The number of hydrogen-bond donors (Lipinski definition) is 1. The molecule has 1 aromatic carbocycles. The summed E-state index contributed by atoms with van der Waals surface area (Å²) in [5, 5.41) is 3.37.